The Balaban J connectivity index is 2.15. The molecular weight excluding hydrogens is 374 g/mol. The Labute approximate surface area is 149 Å². The fraction of sp³-hybridized carbons (Fsp3) is 0.389. The highest BCUT2D eigenvalue weighted by Crippen LogP contribution is 2.43. The molecule has 1 aromatic heterocycles. The van der Waals surface area contributed by atoms with Crippen LogP contribution in [0.2, 0.25) is 0 Å². The third-order valence-corrected chi connectivity index (χ3v) is 4.66. The first-order valence-electron chi connectivity index (χ1n) is 7.81. The Morgan fingerprint density at radius 1 is 1.21 bits per heavy atom. The summed E-state index contributed by atoms with van der Waals surface area (Å²) in [5.74, 6) is 1.09. The second-order valence-electron chi connectivity index (χ2n) is 5.95. The van der Waals surface area contributed by atoms with Gasteiger partial charge in [0.2, 0.25) is 0 Å². The van der Waals surface area contributed by atoms with Crippen molar-refractivity contribution >= 4 is 21.9 Å². The number of hydrogen-bond donors (Lipinski definition) is 0. The molecule has 0 bridgehead atoms. The Hall–Kier alpha value is -1.95. The number of fused-ring (bicyclic) bond motifs is 3. The Morgan fingerprint density at radius 3 is 2.58 bits per heavy atom. The van der Waals surface area contributed by atoms with E-state index in [1.807, 2.05) is 30.5 Å². The van der Waals surface area contributed by atoms with E-state index in [1.165, 1.54) is 12.7 Å². The zero-order chi connectivity index (χ0) is 17.4. The summed E-state index contributed by atoms with van der Waals surface area (Å²) in [5.41, 5.74) is 3.72. The first-order valence-corrected chi connectivity index (χ1v) is 8.60. The van der Waals surface area contributed by atoms with E-state index in [2.05, 4.69) is 15.9 Å². The van der Waals surface area contributed by atoms with Crippen LogP contribution in [0.15, 0.2) is 22.7 Å². The molecule has 0 N–H and O–H groups in total. The molecule has 128 valence electrons. The number of carbonyl (C=O) groups is 1. The number of benzene rings is 1. The lowest BCUT2D eigenvalue weighted by Gasteiger charge is -2.24. The number of halogens is 1. The number of ether oxygens (including phenoxy) is 3. The molecule has 0 amide bonds. The molecule has 1 aromatic carbocycles. The van der Waals surface area contributed by atoms with Crippen molar-refractivity contribution in [3.63, 3.8) is 0 Å². The van der Waals surface area contributed by atoms with Gasteiger partial charge in [-0.05, 0) is 60.0 Å². The largest absolute Gasteiger partial charge is 0.493 e. The SMILES string of the molecule is COC(=O)c1cc(Br)c2n1CCc1cc(OC(C)C)c(OC)cc1-2. The van der Waals surface area contributed by atoms with Crippen molar-refractivity contribution in [1.82, 2.24) is 4.57 Å². The van der Waals surface area contributed by atoms with Crippen LogP contribution in [0.25, 0.3) is 11.3 Å². The maximum absolute atomic E-state index is 12.0. The van der Waals surface area contributed by atoms with Gasteiger partial charge < -0.3 is 18.8 Å². The molecule has 0 atom stereocenters. The summed E-state index contributed by atoms with van der Waals surface area (Å²) in [7, 11) is 3.03. The van der Waals surface area contributed by atoms with E-state index in [0.717, 1.165) is 27.9 Å². The minimum absolute atomic E-state index is 0.0714. The lowest BCUT2D eigenvalue weighted by molar-refractivity contribution is 0.0588. The highest BCUT2D eigenvalue weighted by molar-refractivity contribution is 9.10. The molecule has 1 aliphatic rings. The number of esters is 1. The van der Waals surface area contributed by atoms with Crippen molar-refractivity contribution in [2.75, 3.05) is 14.2 Å². The topological polar surface area (TPSA) is 49.7 Å². The molecule has 0 radical (unpaired) electrons. The molecule has 0 saturated carbocycles. The zero-order valence-electron chi connectivity index (χ0n) is 14.2. The van der Waals surface area contributed by atoms with Crippen LogP contribution in [0.1, 0.15) is 29.9 Å². The van der Waals surface area contributed by atoms with E-state index < -0.39 is 0 Å². The summed E-state index contributed by atoms with van der Waals surface area (Å²) in [6.45, 7) is 4.69. The molecule has 24 heavy (non-hydrogen) atoms. The average molecular weight is 394 g/mol. The van der Waals surface area contributed by atoms with E-state index in [4.69, 9.17) is 14.2 Å². The number of rotatable bonds is 4. The molecule has 5 nitrogen and oxygen atoms in total. The minimum atomic E-state index is -0.336. The normalized spacial score (nSPS) is 12.6. The highest BCUT2D eigenvalue weighted by Gasteiger charge is 2.27. The minimum Gasteiger partial charge on any atom is -0.493 e. The fourth-order valence-electron chi connectivity index (χ4n) is 3.06. The molecule has 0 unspecified atom stereocenters. The van der Waals surface area contributed by atoms with E-state index in [-0.39, 0.29) is 12.1 Å². The number of methoxy groups -OCH3 is 2. The predicted octanol–water partition coefficient (Wildman–Crippen LogP) is 4.06. The summed E-state index contributed by atoms with van der Waals surface area (Å²) < 4.78 is 19.1. The van der Waals surface area contributed by atoms with Crippen LogP contribution in [-0.4, -0.2) is 30.9 Å². The van der Waals surface area contributed by atoms with E-state index in [9.17, 15) is 4.79 Å². The van der Waals surface area contributed by atoms with E-state index in [0.29, 0.717) is 18.0 Å². The number of aromatic nitrogens is 1. The van der Waals surface area contributed by atoms with Crippen LogP contribution in [0.5, 0.6) is 11.5 Å². The summed E-state index contributed by atoms with van der Waals surface area (Å²) in [6, 6.07) is 5.82. The first kappa shape index (κ1) is 16.9. The van der Waals surface area contributed by atoms with Gasteiger partial charge >= 0.3 is 5.97 Å². The molecule has 0 aliphatic carbocycles. The monoisotopic (exact) mass is 393 g/mol. The summed E-state index contributed by atoms with van der Waals surface area (Å²) in [6.07, 6.45) is 0.883. The zero-order valence-corrected chi connectivity index (χ0v) is 15.8. The van der Waals surface area contributed by atoms with Crippen molar-refractivity contribution in [3.05, 3.63) is 33.9 Å². The van der Waals surface area contributed by atoms with Crippen molar-refractivity contribution in [1.29, 1.82) is 0 Å². The first-order chi connectivity index (χ1) is 11.5. The van der Waals surface area contributed by atoms with Crippen LogP contribution < -0.4 is 9.47 Å². The van der Waals surface area contributed by atoms with Crippen LogP contribution in [0, 0.1) is 0 Å². The van der Waals surface area contributed by atoms with Gasteiger partial charge in [0.25, 0.3) is 0 Å². The van der Waals surface area contributed by atoms with Gasteiger partial charge in [-0.1, -0.05) is 0 Å². The lowest BCUT2D eigenvalue weighted by Crippen LogP contribution is -2.17. The van der Waals surface area contributed by atoms with Gasteiger partial charge in [0.1, 0.15) is 5.69 Å². The van der Waals surface area contributed by atoms with Crippen molar-refractivity contribution in [2.45, 2.75) is 32.9 Å². The van der Waals surface area contributed by atoms with Crippen LogP contribution in [0.3, 0.4) is 0 Å². The number of nitrogens with zero attached hydrogens (tertiary/aromatic N) is 1. The highest BCUT2D eigenvalue weighted by atomic mass is 79.9. The van der Waals surface area contributed by atoms with E-state index in [1.54, 1.807) is 13.2 Å². The van der Waals surface area contributed by atoms with Crippen LogP contribution in [-0.2, 0) is 17.7 Å². The number of carbonyl (C=O) groups excluding carboxylic acids is 1. The molecular formula is C18H20BrNO4. The van der Waals surface area contributed by atoms with Gasteiger partial charge in [0, 0.05) is 16.6 Å². The average Bonchev–Trinajstić information content (AvgIpc) is 2.90. The Bertz CT molecular complexity index is 795. The summed E-state index contributed by atoms with van der Waals surface area (Å²) >= 11 is 3.57. The van der Waals surface area contributed by atoms with Gasteiger partial charge in [-0.2, -0.15) is 0 Å². The number of aryl methyl sites for hydroxylation is 1. The second kappa shape index (κ2) is 6.51. The van der Waals surface area contributed by atoms with Crippen molar-refractivity contribution < 1.29 is 19.0 Å². The Morgan fingerprint density at radius 2 is 1.96 bits per heavy atom. The maximum Gasteiger partial charge on any atom is 0.354 e. The smallest absolute Gasteiger partial charge is 0.354 e. The number of hydrogen-bond acceptors (Lipinski definition) is 4. The van der Waals surface area contributed by atoms with Gasteiger partial charge in [-0.15, -0.1) is 0 Å². The quantitative estimate of drug-likeness (QED) is 0.734. The van der Waals surface area contributed by atoms with Crippen LogP contribution >= 0.6 is 15.9 Å². The predicted molar refractivity (Wildman–Crippen MR) is 94.9 cm³/mol. The van der Waals surface area contributed by atoms with Crippen molar-refractivity contribution in [2.24, 2.45) is 0 Å². The molecule has 6 heteroatoms. The molecule has 0 fully saturated rings. The van der Waals surface area contributed by atoms with Crippen molar-refractivity contribution in [3.8, 4) is 22.8 Å². The summed E-state index contributed by atoms with van der Waals surface area (Å²) in [4.78, 5) is 12.0. The molecule has 2 aromatic rings. The van der Waals surface area contributed by atoms with Gasteiger partial charge in [0.05, 0.1) is 26.0 Å². The Kier molecular flexibility index (Phi) is 4.58. The molecule has 1 aliphatic heterocycles. The van der Waals surface area contributed by atoms with Gasteiger partial charge in [0.15, 0.2) is 11.5 Å². The molecule has 0 saturated heterocycles. The van der Waals surface area contributed by atoms with E-state index >= 15 is 0 Å². The third-order valence-electron chi connectivity index (χ3n) is 4.06. The standard InChI is InChI=1S/C18H20BrNO4/c1-10(2)24-16-7-11-5-6-20-14(18(21)23-4)9-13(19)17(20)12(11)8-15(16)22-3/h7-10H,5-6H2,1-4H3. The second-order valence-corrected chi connectivity index (χ2v) is 6.80. The summed E-state index contributed by atoms with van der Waals surface area (Å²) in [5, 5.41) is 0. The van der Waals surface area contributed by atoms with Crippen LogP contribution in [0.4, 0.5) is 0 Å². The molecule has 2 heterocycles. The lowest BCUT2D eigenvalue weighted by atomic mass is 9.97. The maximum atomic E-state index is 12.0. The molecule has 3 rings (SSSR count). The van der Waals surface area contributed by atoms with Gasteiger partial charge in [-0.3, -0.25) is 0 Å². The fourth-order valence-corrected chi connectivity index (χ4v) is 3.71. The van der Waals surface area contributed by atoms with Gasteiger partial charge in [-0.25, -0.2) is 4.79 Å². The molecule has 0 spiro atoms. The third kappa shape index (κ3) is 2.79.